The van der Waals surface area contributed by atoms with Gasteiger partial charge in [-0.15, -0.1) is 0 Å². The lowest BCUT2D eigenvalue weighted by molar-refractivity contribution is -0.116. The van der Waals surface area contributed by atoms with Gasteiger partial charge in [-0.05, 0) is 29.7 Å². The normalized spacial score (nSPS) is 11.0. The minimum atomic E-state index is -0.420. The van der Waals surface area contributed by atoms with Crippen LogP contribution in [0.25, 0.3) is 6.08 Å². The number of carbonyl (C=O) groups excluding carboxylic acids is 1. The van der Waals surface area contributed by atoms with Gasteiger partial charge < -0.3 is 14.8 Å². The fourth-order valence-corrected chi connectivity index (χ4v) is 1.60. The van der Waals surface area contributed by atoms with E-state index >= 15 is 0 Å². The Labute approximate surface area is 125 Å². The van der Waals surface area contributed by atoms with Gasteiger partial charge in [-0.3, -0.25) is 4.79 Å². The molecule has 0 atom stereocenters. The Bertz CT molecular complexity index is 571. The molecule has 0 spiro atoms. The molecule has 0 unspecified atom stereocenters. The molecular formula is C16H20N2O3. The first-order valence-corrected chi connectivity index (χ1v) is 6.66. The molecule has 1 aromatic carbocycles. The molecule has 1 aromatic rings. The number of likely N-dealkylation sites (N-methyl/N-ethyl adjacent to an activating group) is 1. The quantitative estimate of drug-likeness (QED) is 0.644. The Hall–Kier alpha value is -2.48. The largest absolute Gasteiger partial charge is 0.493 e. The fraction of sp³-hybridized carbons (Fsp3) is 0.375. The van der Waals surface area contributed by atoms with E-state index in [-0.39, 0.29) is 5.57 Å². The summed E-state index contributed by atoms with van der Waals surface area (Å²) in [6.07, 6.45) is 1.51. The molecule has 5 nitrogen and oxygen atoms in total. The van der Waals surface area contributed by atoms with Crippen molar-refractivity contribution in [3.05, 3.63) is 29.3 Å². The van der Waals surface area contributed by atoms with E-state index in [2.05, 4.69) is 19.2 Å². The molecule has 0 aliphatic carbocycles. The highest BCUT2D eigenvalue weighted by molar-refractivity contribution is 6.01. The number of ether oxygens (including phenoxy) is 2. The average molecular weight is 288 g/mol. The van der Waals surface area contributed by atoms with E-state index in [4.69, 9.17) is 14.7 Å². The number of amides is 1. The summed E-state index contributed by atoms with van der Waals surface area (Å²) in [5, 5.41) is 11.4. The Balaban J connectivity index is 3.04. The zero-order chi connectivity index (χ0) is 15.8. The zero-order valence-corrected chi connectivity index (χ0v) is 12.8. The lowest BCUT2D eigenvalue weighted by Gasteiger charge is -2.12. The summed E-state index contributed by atoms with van der Waals surface area (Å²) in [7, 11) is 3.03. The minimum absolute atomic E-state index is 0.0374. The number of benzene rings is 1. The van der Waals surface area contributed by atoms with Crippen molar-refractivity contribution in [2.24, 2.45) is 5.92 Å². The standard InChI is InChI=1S/C16H20N2O3/c1-11(2)10-21-14-6-5-12(8-15(14)20-4)7-13(9-17)16(19)18-3/h5-8,11H,10H2,1-4H3,(H,18,19)/b13-7+. The van der Waals surface area contributed by atoms with E-state index in [9.17, 15) is 4.79 Å². The second-order valence-corrected chi connectivity index (χ2v) is 4.86. The van der Waals surface area contributed by atoms with Crippen LogP contribution in [0, 0.1) is 17.2 Å². The number of methoxy groups -OCH3 is 1. The van der Waals surface area contributed by atoms with Gasteiger partial charge in [-0.25, -0.2) is 0 Å². The van der Waals surface area contributed by atoms with Crippen molar-refractivity contribution in [2.75, 3.05) is 20.8 Å². The van der Waals surface area contributed by atoms with Gasteiger partial charge in [-0.1, -0.05) is 19.9 Å². The van der Waals surface area contributed by atoms with Gasteiger partial charge in [0, 0.05) is 7.05 Å². The highest BCUT2D eigenvalue weighted by Crippen LogP contribution is 2.29. The predicted octanol–water partition coefficient (Wildman–Crippen LogP) is 2.38. The van der Waals surface area contributed by atoms with Gasteiger partial charge in [0.15, 0.2) is 11.5 Å². The zero-order valence-electron chi connectivity index (χ0n) is 12.8. The van der Waals surface area contributed by atoms with E-state index < -0.39 is 5.91 Å². The SMILES string of the molecule is CNC(=O)/C(C#N)=C/c1ccc(OCC(C)C)c(OC)c1. The topological polar surface area (TPSA) is 71.4 Å². The lowest BCUT2D eigenvalue weighted by Crippen LogP contribution is -2.19. The molecule has 1 N–H and O–H groups in total. The summed E-state index contributed by atoms with van der Waals surface area (Å²) < 4.78 is 10.9. The number of nitriles is 1. The van der Waals surface area contributed by atoms with Crippen LogP contribution < -0.4 is 14.8 Å². The van der Waals surface area contributed by atoms with Crippen molar-refractivity contribution in [1.82, 2.24) is 5.32 Å². The van der Waals surface area contributed by atoms with E-state index in [1.54, 1.807) is 25.3 Å². The van der Waals surface area contributed by atoms with Crippen molar-refractivity contribution in [1.29, 1.82) is 5.26 Å². The third-order valence-electron chi connectivity index (χ3n) is 2.66. The second-order valence-electron chi connectivity index (χ2n) is 4.86. The fourth-order valence-electron chi connectivity index (χ4n) is 1.60. The van der Waals surface area contributed by atoms with E-state index in [1.165, 1.54) is 13.1 Å². The Morgan fingerprint density at radius 2 is 2.14 bits per heavy atom. The maximum absolute atomic E-state index is 11.5. The number of nitrogens with zero attached hydrogens (tertiary/aromatic N) is 1. The summed E-state index contributed by atoms with van der Waals surface area (Å²) in [5.41, 5.74) is 0.735. The van der Waals surface area contributed by atoms with Crippen molar-refractivity contribution >= 4 is 12.0 Å². The first-order chi connectivity index (χ1) is 10.0. The molecule has 0 saturated carbocycles. The molecule has 0 bridgehead atoms. The minimum Gasteiger partial charge on any atom is -0.493 e. The highest BCUT2D eigenvalue weighted by Gasteiger charge is 2.09. The molecule has 5 heteroatoms. The van der Waals surface area contributed by atoms with E-state index in [0.717, 1.165) is 0 Å². The number of rotatable bonds is 6. The van der Waals surface area contributed by atoms with Crippen LogP contribution >= 0.6 is 0 Å². The molecule has 0 aliphatic heterocycles. The maximum Gasteiger partial charge on any atom is 0.261 e. The Morgan fingerprint density at radius 1 is 1.43 bits per heavy atom. The van der Waals surface area contributed by atoms with Crippen LogP contribution in [0.2, 0.25) is 0 Å². The first-order valence-electron chi connectivity index (χ1n) is 6.66. The smallest absolute Gasteiger partial charge is 0.261 e. The van der Waals surface area contributed by atoms with Gasteiger partial charge in [0.25, 0.3) is 5.91 Å². The van der Waals surface area contributed by atoms with Crippen LogP contribution in [-0.4, -0.2) is 26.7 Å². The van der Waals surface area contributed by atoms with Crippen LogP contribution in [0.4, 0.5) is 0 Å². The summed E-state index contributed by atoms with van der Waals surface area (Å²) in [6.45, 7) is 4.71. The second kappa shape index (κ2) is 7.95. The van der Waals surface area contributed by atoms with Gasteiger partial charge >= 0.3 is 0 Å². The third kappa shape index (κ3) is 4.84. The Kier molecular flexibility index (Phi) is 6.28. The molecule has 0 radical (unpaired) electrons. The van der Waals surface area contributed by atoms with Crippen molar-refractivity contribution in [3.8, 4) is 17.6 Å². The molecule has 1 rings (SSSR count). The molecule has 0 aromatic heterocycles. The summed E-state index contributed by atoms with van der Waals surface area (Å²) in [4.78, 5) is 11.5. The van der Waals surface area contributed by atoms with Gasteiger partial charge in [0.2, 0.25) is 0 Å². The van der Waals surface area contributed by atoms with Crippen molar-refractivity contribution < 1.29 is 14.3 Å². The molecule has 0 fully saturated rings. The summed E-state index contributed by atoms with van der Waals surface area (Å²) >= 11 is 0. The molecule has 112 valence electrons. The molecule has 0 heterocycles. The molecular weight excluding hydrogens is 268 g/mol. The van der Waals surface area contributed by atoms with Gasteiger partial charge in [-0.2, -0.15) is 5.26 Å². The van der Waals surface area contributed by atoms with Crippen LogP contribution in [0.3, 0.4) is 0 Å². The number of hydrogen-bond donors (Lipinski definition) is 1. The lowest BCUT2D eigenvalue weighted by atomic mass is 10.1. The molecule has 21 heavy (non-hydrogen) atoms. The summed E-state index contributed by atoms with van der Waals surface area (Å²) in [6, 6.07) is 7.15. The van der Waals surface area contributed by atoms with Gasteiger partial charge in [0.1, 0.15) is 11.6 Å². The number of nitrogens with one attached hydrogen (secondary N) is 1. The van der Waals surface area contributed by atoms with Crippen molar-refractivity contribution in [2.45, 2.75) is 13.8 Å². The third-order valence-corrected chi connectivity index (χ3v) is 2.66. The monoisotopic (exact) mass is 288 g/mol. The highest BCUT2D eigenvalue weighted by atomic mass is 16.5. The maximum atomic E-state index is 11.5. The molecule has 0 aliphatic rings. The molecule has 1 amide bonds. The average Bonchev–Trinajstić information content (AvgIpc) is 2.49. The van der Waals surface area contributed by atoms with Crippen LogP contribution in [-0.2, 0) is 4.79 Å². The number of carbonyl (C=O) groups is 1. The van der Waals surface area contributed by atoms with E-state index in [0.29, 0.717) is 29.6 Å². The number of hydrogen-bond acceptors (Lipinski definition) is 4. The predicted molar refractivity (Wildman–Crippen MR) is 81.0 cm³/mol. The first kappa shape index (κ1) is 16.6. The molecule has 0 saturated heterocycles. The van der Waals surface area contributed by atoms with Crippen LogP contribution in [0.1, 0.15) is 19.4 Å². The Morgan fingerprint density at radius 3 is 2.67 bits per heavy atom. The van der Waals surface area contributed by atoms with Gasteiger partial charge in [0.05, 0.1) is 13.7 Å². The summed E-state index contributed by atoms with van der Waals surface area (Å²) in [5.74, 6) is 1.20. The van der Waals surface area contributed by atoms with Crippen LogP contribution in [0.5, 0.6) is 11.5 Å². The van der Waals surface area contributed by atoms with Crippen LogP contribution in [0.15, 0.2) is 23.8 Å². The van der Waals surface area contributed by atoms with E-state index in [1.807, 2.05) is 6.07 Å². The van der Waals surface area contributed by atoms with Crippen molar-refractivity contribution in [3.63, 3.8) is 0 Å².